The van der Waals surface area contributed by atoms with Crippen LogP contribution in [0.25, 0.3) is 10.3 Å². The highest BCUT2D eigenvalue weighted by Gasteiger charge is 2.49. The number of carbonyl (C=O) groups is 2. The van der Waals surface area contributed by atoms with E-state index in [0.29, 0.717) is 37.1 Å². The van der Waals surface area contributed by atoms with Gasteiger partial charge in [0.05, 0.1) is 13.5 Å². The number of methoxy groups -OCH3 is 1. The second-order valence-corrected chi connectivity index (χ2v) is 10.9. The molecular formula is C29H28N4O4S. The molecule has 1 atom stereocenters. The van der Waals surface area contributed by atoms with E-state index in [9.17, 15) is 9.59 Å². The van der Waals surface area contributed by atoms with Crippen molar-refractivity contribution >= 4 is 39.2 Å². The Morgan fingerprint density at radius 3 is 2.66 bits per heavy atom. The number of fused-ring (bicyclic) bond motifs is 3. The average Bonchev–Trinajstić information content (AvgIpc) is 3.63. The van der Waals surface area contributed by atoms with Gasteiger partial charge in [0.15, 0.2) is 0 Å². The molecule has 6 rings (SSSR count). The number of nitrogens with zero attached hydrogens (tertiary/aromatic N) is 4. The van der Waals surface area contributed by atoms with Gasteiger partial charge in [-0.1, -0.05) is 41.7 Å². The molecule has 2 aliphatic rings. The first-order valence-corrected chi connectivity index (χ1v) is 13.4. The summed E-state index contributed by atoms with van der Waals surface area (Å²) in [6.07, 6.45) is 0.984. The van der Waals surface area contributed by atoms with E-state index in [2.05, 4.69) is 16.0 Å². The van der Waals surface area contributed by atoms with Crippen LogP contribution in [-0.4, -0.2) is 53.4 Å². The van der Waals surface area contributed by atoms with Crippen LogP contribution in [0.3, 0.4) is 0 Å². The largest absolute Gasteiger partial charge is 0.489 e. The van der Waals surface area contributed by atoms with Gasteiger partial charge in [-0.2, -0.15) is 0 Å². The molecule has 194 valence electrons. The first-order valence-electron chi connectivity index (χ1n) is 12.6. The monoisotopic (exact) mass is 528 g/mol. The molecule has 0 saturated carbocycles. The fraction of sp³-hybridized carbons (Fsp3) is 0.310. The van der Waals surface area contributed by atoms with E-state index in [0.717, 1.165) is 39.3 Å². The van der Waals surface area contributed by atoms with Crippen molar-refractivity contribution in [2.45, 2.75) is 31.8 Å². The Labute approximate surface area is 224 Å². The van der Waals surface area contributed by atoms with E-state index >= 15 is 0 Å². The molecule has 1 unspecified atom stereocenters. The van der Waals surface area contributed by atoms with E-state index in [1.54, 1.807) is 20.1 Å². The minimum atomic E-state index is -0.314. The van der Waals surface area contributed by atoms with Crippen LogP contribution in [0.5, 0.6) is 11.6 Å². The Bertz CT molecular complexity index is 1520. The lowest BCUT2D eigenvalue weighted by Crippen LogP contribution is -2.40. The third kappa shape index (κ3) is 4.47. The number of aromatic nitrogens is 2. The molecule has 0 bridgehead atoms. The Morgan fingerprint density at radius 2 is 1.89 bits per heavy atom. The number of hydrogen-bond acceptors (Lipinski definition) is 7. The number of thiazole rings is 1. The maximum Gasteiger partial charge on any atom is 0.233 e. The van der Waals surface area contributed by atoms with Crippen LogP contribution in [0.4, 0.5) is 5.69 Å². The molecule has 1 saturated heterocycles. The van der Waals surface area contributed by atoms with Crippen LogP contribution in [0.2, 0.25) is 0 Å². The number of hydrogen-bond donors (Lipinski definition) is 0. The molecule has 0 radical (unpaired) electrons. The average molecular weight is 529 g/mol. The quantitative estimate of drug-likeness (QED) is 0.370. The van der Waals surface area contributed by atoms with Gasteiger partial charge < -0.3 is 19.3 Å². The lowest BCUT2D eigenvalue weighted by molar-refractivity contribution is -0.127. The van der Waals surface area contributed by atoms with Crippen LogP contribution in [0.15, 0.2) is 60.7 Å². The van der Waals surface area contributed by atoms with E-state index in [-0.39, 0.29) is 23.7 Å². The molecule has 9 heteroatoms. The summed E-state index contributed by atoms with van der Waals surface area (Å²) in [4.78, 5) is 39.4. The zero-order valence-corrected chi connectivity index (χ0v) is 22.2. The van der Waals surface area contributed by atoms with Crippen LogP contribution < -0.4 is 14.4 Å². The fourth-order valence-electron chi connectivity index (χ4n) is 5.45. The molecule has 0 N–H and O–H groups in total. The third-order valence-electron chi connectivity index (χ3n) is 7.43. The number of anilines is 1. The second kappa shape index (κ2) is 9.72. The van der Waals surface area contributed by atoms with Crippen LogP contribution in [0, 0.1) is 0 Å². The van der Waals surface area contributed by atoms with Crippen molar-refractivity contribution < 1.29 is 19.1 Å². The molecular weight excluding hydrogens is 500 g/mol. The van der Waals surface area contributed by atoms with E-state index < -0.39 is 0 Å². The molecule has 4 aromatic rings. The summed E-state index contributed by atoms with van der Waals surface area (Å²) in [5, 5.41) is 0.716. The van der Waals surface area contributed by atoms with Crippen LogP contribution >= 0.6 is 11.3 Å². The fourth-order valence-corrected chi connectivity index (χ4v) is 6.37. The highest BCUT2D eigenvalue weighted by Crippen LogP contribution is 2.48. The molecule has 8 nitrogen and oxygen atoms in total. The molecule has 2 amide bonds. The van der Waals surface area contributed by atoms with Crippen LogP contribution in [0.1, 0.15) is 29.5 Å². The van der Waals surface area contributed by atoms with Gasteiger partial charge in [-0.05, 0) is 41.8 Å². The zero-order chi connectivity index (χ0) is 26.3. The second-order valence-electron chi connectivity index (χ2n) is 9.87. The van der Waals surface area contributed by atoms with Crippen molar-refractivity contribution in [3.05, 3.63) is 76.8 Å². The molecule has 1 fully saturated rings. The standard InChI is InChI=1S/C29H28N4O4S/c1-19(34)32-13-12-29(17-32)18-33(27(35)15-26-30-23-9-11-25(36-2)31-28(23)38-26)24-10-8-21(14-22(24)29)37-16-20-6-4-3-5-7-20/h3-11,14H,12-13,15-18H2,1-2H3. The van der Waals surface area contributed by atoms with Crippen molar-refractivity contribution in [3.8, 4) is 11.6 Å². The lowest BCUT2D eigenvalue weighted by atomic mass is 9.81. The summed E-state index contributed by atoms with van der Waals surface area (Å²) in [5.41, 5.74) is 3.48. The van der Waals surface area contributed by atoms with E-state index in [4.69, 9.17) is 9.47 Å². The van der Waals surface area contributed by atoms with Crippen molar-refractivity contribution in [1.82, 2.24) is 14.9 Å². The van der Waals surface area contributed by atoms with Gasteiger partial charge >= 0.3 is 0 Å². The minimum absolute atomic E-state index is 0.0200. The third-order valence-corrected chi connectivity index (χ3v) is 8.39. The predicted molar refractivity (Wildman–Crippen MR) is 146 cm³/mol. The van der Waals surface area contributed by atoms with Gasteiger partial charge in [0, 0.05) is 43.7 Å². The maximum atomic E-state index is 13.7. The first kappa shape index (κ1) is 24.4. The summed E-state index contributed by atoms with van der Waals surface area (Å²) in [7, 11) is 1.58. The smallest absolute Gasteiger partial charge is 0.233 e. The molecule has 2 aromatic heterocycles. The van der Waals surface area contributed by atoms with E-state index in [1.165, 1.54) is 11.3 Å². The Hall–Kier alpha value is -3.98. The molecule has 38 heavy (non-hydrogen) atoms. The van der Waals surface area contributed by atoms with Crippen molar-refractivity contribution in [2.75, 3.05) is 31.6 Å². The highest BCUT2D eigenvalue weighted by molar-refractivity contribution is 7.18. The Morgan fingerprint density at radius 1 is 1.05 bits per heavy atom. The number of pyridine rings is 1. The summed E-state index contributed by atoms with van der Waals surface area (Å²) in [6, 6.07) is 19.6. The number of ether oxygens (including phenoxy) is 2. The van der Waals surface area contributed by atoms with Crippen molar-refractivity contribution in [3.63, 3.8) is 0 Å². The van der Waals surface area contributed by atoms with Gasteiger partial charge in [0.1, 0.15) is 27.7 Å². The maximum absolute atomic E-state index is 13.7. The molecule has 0 aliphatic carbocycles. The molecule has 1 spiro atoms. The highest BCUT2D eigenvalue weighted by atomic mass is 32.1. The minimum Gasteiger partial charge on any atom is -0.489 e. The van der Waals surface area contributed by atoms with Gasteiger partial charge in [-0.15, -0.1) is 0 Å². The van der Waals surface area contributed by atoms with Crippen LogP contribution in [-0.2, 0) is 28.0 Å². The summed E-state index contributed by atoms with van der Waals surface area (Å²) < 4.78 is 11.3. The summed E-state index contributed by atoms with van der Waals surface area (Å²) >= 11 is 1.41. The number of amides is 2. The SMILES string of the molecule is COc1ccc2nc(CC(=O)N3CC4(CCN(C(C)=O)C4)c4cc(OCc5ccccc5)ccc43)sc2n1. The predicted octanol–water partition coefficient (Wildman–Crippen LogP) is 4.36. The number of likely N-dealkylation sites (tertiary alicyclic amines) is 1. The molecule has 2 aromatic carbocycles. The zero-order valence-electron chi connectivity index (χ0n) is 21.3. The van der Waals surface area contributed by atoms with Gasteiger partial charge in [-0.3, -0.25) is 9.59 Å². The topological polar surface area (TPSA) is 84.9 Å². The van der Waals surface area contributed by atoms with Crippen molar-refractivity contribution in [1.29, 1.82) is 0 Å². The number of carbonyl (C=O) groups excluding carboxylic acids is 2. The normalized spacial score (nSPS) is 18.3. The first-order chi connectivity index (χ1) is 18.4. The van der Waals surface area contributed by atoms with E-state index in [1.807, 2.05) is 58.3 Å². The molecule has 4 heterocycles. The van der Waals surface area contributed by atoms with Gasteiger partial charge in [0.25, 0.3) is 0 Å². The van der Waals surface area contributed by atoms with Gasteiger partial charge in [0.2, 0.25) is 17.7 Å². The molecule has 2 aliphatic heterocycles. The Balaban J connectivity index is 1.28. The number of benzene rings is 2. The van der Waals surface area contributed by atoms with Crippen molar-refractivity contribution in [2.24, 2.45) is 0 Å². The van der Waals surface area contributed by atoms with Gasteiger partial charge in [-0.25, -0.2) is 9.97 Å². The summed E-state index contributed by atoms with van der Waals surface area (Å²) in [6.45, 7) is 3.87. The Kier molecular flexibility index (Phi) is 6.23. The lowest BCUT2D eigenvalue weighted by Gasteiger charge is -2.25. The number of rotatable bonds is 6. The summed E-state index contributed by atoms with van der Waals surface area (Å²) in [5.74, 6) is 1.32.